The van der Waals surface area contributed by atoms with Crippen LogP contribution in [-0.4, -0.2) is 44.0 Å². The maximum atomic E-state index is 13.3. The number of likely N-dealkylation sites (tertiary alicyclic amines) is 1. The number of rotatable bonds is 6. The van der Waals surface area contributed by atoms with Crippen molar-refractivity contribution in [1.82, 2.24) is 25.5 Å². The van der Waals surface area contributed by atoms with Crippen LogP contribution in [0, 0.1) is 11.8 Å². The quantitative estimate of drug-likeness (QED) is 0.441. The number of nitrogens with zero attached hydrogens (tertiary/aromatic N) is 4. The minimum absolute atomic E-state index is 0.0319. The van der Waals surface area contributed by atoms with Gasteiger partial charge in [0, 0.05) is 29.2 Å². The van der Waals surface area contributed by atoms with E-state index < -0.39 is 0 Å². The number of ether oxygens (including phenoxy) is 1. The summed E-state index contributed by atoms with van der Waals surface area (Å²) in [4.78, 5) is 27.3. The predicted molar refractivity (Wildman–Crippen MR) is 126 cm³/mol. The van der Waals surface area contributed by atoms with Crippen molar-refractivity contribution in [2.45, 2.75) is 39.2 Å². The topological polar surface area (TPSA) is 101 Å². The van der Waals surface area contributed by atoms with Crippen molar-refractivity contribution in [3.05, 3.63) is 65.9 Å². The molecule has 0 radical (unpaired) electrons. The van der Waals surface area contributed by atoms with Gasteiger partial charge in [-0.2, -0.15) is 5.21 Å². The molecule has 2 atom stereocenters. The Hall–Kier alpha value is -3.81. The zero-order valence-corrected chi connectivity index (χ0v) is 19.1. The van der Waals surface area contributed by atoms with Crippen molar-refractivity contribution in [3.8, 4) is 22.5 Å². The summed E-state index contributed by atoms with van der Waals surface area (Å²) in [5.41, 5.74) is 4.72. The van der Waals surface area contributed by atoms with Crippen LogP contribution in [0.4, 0.5) is 0 Å². The summed E-state index contributed by atoms with van der Waals surface area (Å²) in [6.07, 6.45) is 5.49. The second kappa shape index (κ2) is 9.59. The molecule has 8 heteroatoms. The highest BCUT2D eigenvalue weighted by molar-refractivity contribution is 5.89. The lowest BCUT2D eigenvalue weighted by atomic mass is 9.80. The van der Waals surface area contributed by atoms with E-state index in [4.69, 9.17) is 4.74 Å². The van der Waals surface area contributed by atoms with Gasteiger partial charge in [-0.3, -0.25) is 4.79 Å². The Morgan fingerprint density at radius 1 is 1.09 bits per heavy atom. The fourth-order valence-electron chi connectivity index (χ4n) is 5.14. The molecule has 5 rings (SSSR count). The molecule has 0 bridgehead atoms. The van der Waals surface area contributed by atoms with Crippen molar-refractivity contribution in [2.75, 3.05) is 6.61 Å². The monoisotopic (exact) mass is 457 g/mol. The number of hydrogen-bond donors (Lipinski definition) is 1. The lowest BCUT2D eigenvalue weighted by Gasteiger charge is -2.23. The number of fused-ring (bicyclic) bond motifs is 1. The third-order valence-corrected chi connectivity index (χ3v) is 6.71. The first-order valence-corrected chi connectivity index (χ1v) is 11.8. The van der Waals surface area contributed by atoms with Gasteiger partial charge in [0.1, 0.15) is 0 Å². The third-order valence-electron chi connectivity index (χ3n) is 6.71. The van der Waals surface area contributed by atoms with Gasteiger partial charge in [-0.25, -0.2) is 4.79 Å². The van der Waals surface area contributed by atoms with E-state index in [0.717, 1.165) is 53.6 Å². The summed E-state index contributed by atoms with van der Waals surface area (Å²) in [6.45, 7) is 2.54. The van der Waals surface area contributed by atoms with Crippen molar-refractivity contribution in [2.24, 2.45) is 11.8 Å². The molecule has 8 nitrogen and oxygen atoms in total. The first-order chi connectivity index (χ1) is 16.7. The average molecular weight is 458 g/mol. The summed E-state index contributed by atoms with van der Waals surface area (Å²) in [5, 5.41) is 14.4. The van der Waals surface area contributed by atoms with Gasteiger partial charge in [0.2, 0.25) is 11.7 Å². The van der Waals surface area contributed by atoms with E-state index in [1.54, 1.807) is 11.8 Å². The second-order valence-electron chi connectivity index (χ2n) is 8.72. The molecular weight excluding hydrogens is 430 g/mol. The van der Waals surface area contributed by atoms with E-state index in [9.17, 15) is 9.59 Å². The smallest absolute Gasteiger partial charge is 0.332 e. The molecular formula is C26H27N5O3. The fourth-order valence-corrected chi connectivity index (χ4v) is 5.14. The van der Waals surface area contributed by atoms with Crippen LogP contribution in [0.5, 0.6) is 0 Å². The van der Waals surface area contributed by atoms with E-state index in [1.165, 1.54) is 6.08 Å². The molecule has 0 spiro atoms. The van der Waals surface area contributed by atoms with Gasteiger partial charge in [-0.1, -0.05) is 61.4 Å². The Balaban J connectivity index is 1.41. The number of aromatic nitrogens is 4. The zero-order chi connectivity index (χ0) is 23.5. The van der Waals surface area contributed by atoms with Crippen LogP contribution in [0.3, 0.4) is 0 Å². The molecule has 2 aliphatic rings. The van der Waals surface area contributed by atoms with Gasteiger partial charge >= 0.3 is 5.97 Å². The summed E-state index contributed by atoms with van der Waals surface area (Å²) >= 11 is 0. The summed E-state index contributed by atoms with van der Waals surface area (Å²) in [5.74, 6) is 0.350. The Kier molecular flexibility index (Phi) is 6.20. The van der Waals surface area contributed by atoms with Crippen LogP contribution in [0.2, 0.25) is 0 Å². The normalized spacial score (nSPS) is 21.0. The molecule has 1 aromatic heterocycles. The number of H-pyrrole nitrogens is 1. The average Bonchev–Trinajstić information content (AvgIpc) is 3.49. The molecule has 2 aromatic carbocycles. The maximum Gasteiger partial charge on any atom is 0.332 e. The van der Waals surface area contributed by atoms with Crippen LogP contribution in [0.25, 0.3) is 22.5 Å². The van der Waals surface area contributed by atoms with E-state index >= 15 is 0 Å². The van der Waals surface area contributed by atoms with Gasteiger partial charge in [-0.05, 0) is 41.7 Å². The molecule has 1 aliphatic carbocycles. The molecule has 2 fully saturated rings. The number of hydrogen-bond acceptors (Lipinski definition) is 6. The molecule has 3 aromatic rings. The number of amides is 1. The molecule has 1 N–H and O–H groups in total. The summed E-state index contributed by atoms with van der Waals surface area (Å²) < 4.78 is 5.15. The number of benzene rings is 2. The lowest BCUT2D eigenvalue weighted by Crippen LogP contribution is -2.26. The number of esters is 1. The van der Waals surface area contributed by atoms with E-state index in [-0.39, 0.29) is 23.7 Å². The summed E-state index contributed by atoms with van der Waals surface area (Å²) in [6, 6.07) is 16.0. The molecule has 1 saturated heterocycles. The van der Waals surface area contributed by atoms with Crippen molar-refractivity contribution >= 4 is 11.9 Å². The van der Waals surface area contributed by atoms with Crippen LogP contribution in [-0.2, 0) is 20.9 Å². The molecule has 1 amide bonds. The predicted octanol–water partition coefficient (Wildman–Crippen LogP) is 4.13. The number of nitrogens with one attached hydrogen (secondary N) is 1. The third kappa shape index (κ3) is 4.23. The molecule has 1 aliphatic heterocycles. The lowest BCUT2D eigenvalue weighted by molar-refractivity contribution is -0.137. The maximum absolute atomic E-state index is 13.3. The van der Waals surface area contributed by atoms with Gasteiger partial charge in [-0.15, -0.1) is 10.2 Å². The van der Waals surface area contributed by atoms with Crippen LogP contribution in [0.15, 0.2) is 60.3 Å². The van der Waals surface area contributed by atoms with Crippen LogP contribution < -0.4 is 0 Å². The first kappa shape index (κ1) is 22.0. The number of carbonyl (C=O) groups is 2. The Bertz CT molecular complexity index is 1200. The first-order valence-electron chi connectivity index (χ1n) is 11.8. The molecule has 34 heavy (non-hydrogen) atoms. The minimum Gasteiger partial charge on any atom is -0.463 e. The highest BCUT2D eigenvalue weighted by atomic mass is 16.5. The largest absolute Gasteiger partial charge is 0.463 e. The van der Waals surface area contributed by atoms with Gasteiger partial charge in [0.05, 0.1) is 13.2 Å². The molecule has 2 unspecified atom stereocenters. The van der Waals surface area contributed by atoms with E-state index in [2.05, 4.69) is 20.6 Å². The number of carbonyl (C=O) groups excluding carboxylic acids is 2. The minimum atomic E-state index is -0.380. The van der Waals surface area contributed by atoms with Gasteiger partial charge < -0.3 is 9.64 Å². The molecule has 1 saturated carbocycles. The number of tetrazole rings is 1. The Labute approximate surface area is 198 Å². The number of allylic oxidation sites excluding steroid dienone is 1. The van der Waals surface area contributed by atoms with Crippen molar-refractivity contribution in [1.29, 1.82) is 0 Å². The highest BCUT2D eigenvalue weighted by Crippen LogP contribution is 2.44. The van der Waals surface area contributed by atoms with Crippen molar-refractivity contribution in [3.63, 3.8) is 0 Å². The standard InChI is InChI=1S/C26H27N5O3/c1-2-34-24(32)15-23-20-8-4-6-10-22(20)26(33)31(23)16-17-11-13-18(14-12-17)19-7-3-5-9-21(19)25-27-29-30-28-25/h3,5,7,9,11-15,20,22H,2,4,6,8,10,16H2,1H3,(H,27,28,29,30)/b23-15+. The zero-order valence-electron chi connectivity index (χ0n) is 19.1. The van der Waals surface area contributed by atoms with Gasteiger partial charge in [0.15, 0.2) is 0 Å². The SMILES string of the molecule is CCOC(=O)/C=C1\C2CCCCC2C(=O)N1Cc1ccc(-c2ccccc2-c2nn[nH]n2)cc1. The summed E-state index contributed by atoms with van der Waals surface area (Å²) in [7, 11) is 0. The fraction of sp³-hybridized carbons (Fsp3) is 0.346. The number of aromatic amines is 1. The Morgan fingerprint density at radius 2 is 1.82 bits per heavy atom. The second-order valence-corrected chi connectivity index (χ2v) is 8.72. The van der Waals surface area contributed by atoms with Crippen LogP contribution >= 0.6 is 0 Å². The van der Waals surface area contributed by atoms with Crippen LogP contribution in [0.1, 0.15) is 38.2 Å². The van der Waals surface area contributed by atoms with Gasteiger partial charge in [0.25, 0.3) is 0 Å². The van der Waals surface area contributed by atoms with E-state index in [0.29, 0.717) is 19.0 Å². The van der Waals surface area contributed by atoms with Crippen molar-refractivity contribution < 1.29 is 14.3 Å². The molecule has 2 heterocycles. The highest BCUT2D eigenvalue weighted by Gasteiger charge is 2.45. The van der Waals surface area contributed by atoms with E-state index in [1.807, 2.05) is 48.5 Å². The Morgan fingerprint density at radius 3 is 2.53 bits per heavy atom. The molecule has 174 valence electrons.